The van der Waals surface area contributed by atoms with E-state index in [0.717, 1.165) is 0 Å². The molecule has 0 atom stereocenters. The quantitative estimate of drug-likeness (QED) is 0.411. The lowest BCUT2D eigenvalue weighted by Gasteiger charge is -2.37. The zero-order valence-corrected chi connectivity index (χ0v) is 20.1. The molecule has 1 amide bonds. The molecular formula is C20H34ClFN2O3Si. The summed E-state index contributed by atoms with van der Waals surface area (Å²) in [5.74, 6) is -0.550. The van der Waals surface area contributed by atoms with Gasteiger partial charge in [0, 0.05) is 19.3 Å². The fourth-order valence-corrected chi connectivity index (χ4v) is 3.36. The summed E-state index contributed by atoms with van der Waals surface area (Å²) in [5.41, 5.74) is -0.195. The van der Waals surface area contributed by atoms with Gasteiger partial charge in [-0.3, -0.25) is 0 Å². The molecule has 0 fully saturated rings. The molecule has 1 aromatic heterocycles. The molecule has 0 saturated carbocycles. The first kappa shape index (κ1) is 24.9. The highest BCUT2D eigenvalue weighted by Crippen LogP contribution is 2.36. The number of ether oxygens (including phenoxy) is 1. The molecule has 0 saturated heterocycles. The van der Waals surface area contributed by atoms with E-state index in [1.165, 1.54) is 6.20 Å². The number of hydrogen-bond acceptors (Lipinski definition) is 4. The van der Waals surface area contributed by atoms with Crippen molar-refractivity contribution >= 4 is 26.0 Å². The van der Waals surface area contributed by atoms with E-state index in [4.69, 9.17) is 20.8 Å². The van der Waals surface area contributed by atoms with E-state index in [9.17, 15) is 9.18 Å². The monoisotopic (exact) mass is 432 g/mol. The number of pyridine rings is 1. The number of amides is 1. The second kappa shape index (κ2) is 9.54. The van der Waals surface area contributed by atoms with Gasteiger partial charge in [0.15, 0.2) is 19.3 Å². The Morgan fingerprint density at radius 1 is 1.21 bits per heavy atom. The third-order valence-electron chi connectivity index (χ3n) is 4.86. The molecule has 0 N–H and O–H groups in total. The molecule has 1 heterocycles. The maximum Gasteiger partial charge on any atom is 0.410 e. The third kappa shape index (κ3) is 7.68. The van der Waals surface area contributed by atoms with Crippen LogP contribution in [-0.4, -0.2) is 49.6 Å². The minimum Gasteiger partial charge on any atom is -0.444 e. The summed E-state index contributed by atoms with van der Waals surface area (Å²) in [5, 5.41) is -0.0803. The van der Waals surface area contributed by atoms with Gasteiger partial charge in [0.2, 0.25) is 0 Å². The lowest BCUT2D eigenvalue weighted by atomic mass is 10.2. The van der Waals surface area contributed by atoms with Gasteiger partial charge in [-0.1, -0.05) is 32.4 Å². The summed E-state index contributed by atoms with van der Waals surface area (Å²) >= 11 is 5.75. The molecule has 1 rings (SSSR count). The van der Waals surface area contributed by atoms with Crippen molar-refractivity contribution in [2.24, 2.45) is 0 Å². The van der Waals surface area contributed by atoms with Crippen molar-refractivity contribution in [3.05, 3.63) is 28.8 Å². The van der Waals surface area contributed by atoms with Crippen LogP contribution in [0.15, 0.2) is 12.3 Å². The lowest BCUT2D eigenvalue weighted by molar-refractivity contribution is 0.0224. The highest BCUT2D eigenvalue weighted by atomic mass is 35.5. The fraction of sp³-hybridized carbons (Fsp3) is 0.700. The Kier molecular flexibility index (Phi) is 8.47. The SMILES string of the molecule is CC(C)(C)OC(=O)N(CCO[Si](C)(C)C(C)(C)C)CCc1ccnc(Cl)c1F. The van der Waals surface area contributed by atoms with Gasteiger partial charge < -0.3 is 14.1 Å². The standard InChI is InChI=1S/C20H34ClFN2O3Si/c1-19(2,3)27-18(25)24(13-14-26-28(7,8)20(4,5)6)12-10-15-9-11-23-17(21)16(15)22/h9,11H,10,12-14H2,1-8H3. The topological polar surface area (TPSA) is 51.7 Å². The molecule has 1 aromatic rings. The number of rotatable bonds is 7. The van der Waals surface area contributed by atoms with Crippen LogP contribution in [0.3, 0.4) is 0 Å². The minimum absolute atomic E-state index is 0.0840. The van der Waals surface area contributed by atoms with Crippen molar-refractivity contribution in [1.82, 2.24) is 9.88 Å². The van der Waals surface area contributed by atoms with Gasteiger partial charge in [-0.15, -0.1) is 0 Å². The maximum atomic E-state index is 14.1. The second-order valence-corrected chi connectivity index (χ2v) is 14.6. The van der Waals surface area contributed by atoms with Crippen LogP contribution in [0.5, 0.6) is 0 Å². The van der Waals surface area contributed by atoms with E-state index in [1.807, 2.05) is 20.8 Å². The maximum absolute atomic E-state index is 14.1. The van der Waals surface area contributed by atoms with Gasteiger partial charge in [0.1, 0.15) is 5.60 Å². The zero-order valence-electron chi connectivity index (χ0n) is 18.4. The Labute approximate surface area is 174 Å². The smallest absolute Gasteiger partial charge is 0.410 e. The first-order chi connectivity index (χ1) is 12.6. The van der Waals surface area contributed by atoms with Crippen LogP contribution in [0.25, 0.3) is 0 Å². The highest BCUT2D eigenvalue weighted by molar-refractivity contribution is 6.74. The molecule has 5 nitrogen and oxygen atoms in total. The van der Waals surface area contributed by atoms with E-state index in [0.29, 0.717) is 31.7 Å². The van der Waals surface area contributed by atoms with Crippen molar-refractivity contribution in [3.8, 4) is 0 Å². The van der Waals surface area contributed by atoms with Crippen LogP contribution < -0.4 is 0 Å². The molecule has 0 radical (unpaired) electrons. The van der Waals surface area contributed by atoms with Crippen LogP contribution in [0.2, 0.25) is 23.3 Å². The van der Waals surface area contributed by atoms with Crippen LogP contribution in [0.1, 0.15) is 47.1 Å². The predicted molar refractivity (Wildman–Crippen MR) is 114 cm³/mol. The van der Waals surface area contributed by atoms with Crippen molar-refractivity contribution in [1.29, 1.82) is 0 Å². The number of aromatic nitrogens is 1. The van der Waals surface area contributed by atoms with Gasteiger partial charge in [0.05, 0.1) is 6.61 Å². The van der Waals surface area contributed by atoms with Crippen molar-refractivity contribution < 1.29 is 18.3 Å². The number of carbonyl (C=O) groups is 1. The van der Waals surface area contributed by atoms with Gasteiger partial charge in [-0.25, -0.2) is 14.2 Å². The Morgan fingerprint density at radius 3 is 2.36 bits per heavy atom. The van der Waals surface area contributed by atoms with E-state index < -0.39 is 25.8 Å². The molecule has 28 heavy (non-hydrogen) atoms. The first-order valence-corrected chi connectivity index (χ1v) is 12.8. The number of halogens is 2. The molecule has 0 aliphatic carbocycles. The molecule has 8 heteroatoms. The molecule has 0 spiro atoms. The van der Waals surface area contributed by atoms with Crippen LogP contribution in [0.4, 0.5) is 9.18 Å². The van der Waals surface area contributed by atoms with Crippen molar-refractivity contribution in [2.75, 3.05) is 19.7 Å². The first-order valence-electron chi connectivity index (χ1n) is 9.55. The van der Waals surface area contributed by atoms with E-state index in [2.05, 4.69) is 38.8 Å². The Hall–Kier alpha value is -1.18. The Bertz CT molecular complexity index is 672. The third-order valence-corrected chi connectivity index (χ3v) is 9.66. The van der Waals surface area contributed by atoms with Gasteiger partial charge >= 0.3 is 6.09 Å². The van der Waals surface area contributed by atoms with Gasteiger partial charge in [-0.2, -0.15) is 0 Å². The van der Waals surface area contributed by atoms with Gasteiger partial charge in [-0.05, 0) is 57.0 Å². The summed E-state index contributed by atoms with van der Waals surface area (Å²) < 4.78 is 25.8. The lowest BCUT2D eigenvalue weighted by Crippen LogP contribution is -2.44. The summed E-state index contributed by atoms with van der Waals surface area (Å²) in [6.07, 6.45) is 1.33. The average molecular weight is 433 g/mol. The molecule has 0 unspecified atom stereocenters. The van der Waals surface area contributed by atoms with Crippen molar-refractivity contribution in [2.45, 2.75) is 71.7 Å². The van der Waals surface area contributed by atoms with E-state index in [-0.39, 0.29) is 10.2 Å². The molecule has 0 aromatic carbocycles. The van der Waals surface area contributed by atoms with Crippen LogP contribution in [0, 0.1) is 5.82 Å². The summed E-state index contributed by atoms with van der Waals surface area (Å²) in [6, 6.07) is 1.57. The van der Waals surface area contributed by atoms with Crippen molar-refractivity contribution in [3.63, 3.8) is 0 Å². The zero-order chi connectivity index (χ0) is 21.8. The van der Waals surface area contributed by atoms with E-state index in [1.54, 1.807) is 11.0 Å². The molecule has 0 aliphatic heterocycles. The van der Waals surface area contributed by atoms with Crippen LogP contribution >= 0.6 is 11.6 Å². The summed E-state index contributed by atoms with van der Waals surface area (Å²) in [6.45, 7) is 17.4. The minimum atomic E-state index is -1.92. The largest absolute Gasteiger partial charge is 0.444 e. The molecule has 0 bridgehead atoms. The van der Waals surface area contributed by atoms with E-state index >= 15 is 0 Å². The highest BCUT2D eigenvalue weighted by Gasteiger charge is 2.37. The average Bonchev–Trinajstić information content (AvgIpc) is 2.51. The molecule has 0 aliphatic rings. The molecule has 160 valence electrons. The number of carbonyl (C=O) groups excluding carboxylic acids is 1. The Balaban J connectivity index is 2.82. The normalized spacial score (nSPS) is 12.8. The second-order valence-electron chi connectivity index (χ2n) is 9.40. The van der Waals surface area contributed by atoms with Crippen LogP contribution in [-0.2, 0) is 15.6 Å². The number of nitrogens with zero attached hydrogens (tertiary/aromatic N) is 2. The summed E-state index contributed by atoms with van der Waals surface area (Å²) in [4.78, 5) is 17.9. The van der Waals surface area contributed by atoms with Gasteiger partial charge in [0.25, 0.3) is 0 Å². The summed E-state index contributed by atoms with van der Waals surface area (Å²) in [7, 11) is -1.92. The fourth-order valence-electron chi connectivity index (χ4n) is 2.15. The Morgan fingerprint density at radius 2 is 1.82 bits per heavy atom. The predicted octanol–water partition coefficient (Wildman–Crippen LogP) is 5.68. The molecular weight excluding hydrogens is 399 g/mol. The number of hydrogen-bond donors (Lipinski definition) is 0.